The lowest BCUT2D eigenvalue weighted by Crippen LogP contribution is -2.19. The summed E-state index contributed by atoms with van der Waals surface area (Å²) in [5.41, 5.74) is 23.5. The summed E-state index contributed by atoms with van der Waals surface area (Å²) in [6.07, 6.45) is 9.48. The van der Waals surface area contributed by atoms with Crippen LogP contribution in [-0.2, 0) is 0 Å². The number of halogens is 1. The van der Waals surface area contributed by atoms with Crippen molar-refractivity contribution in [1.82, 2.24) is 0 Å². The van der Waals surface area contributed by atoms with Crippen molar-refractivity contribution < 1.29 is 0 Å². The average Bonchev–Trinajstić information content (AvgIpc) is 2.80. The van der Waals surface area contributed by atoms with Crippen LogP contribution in [0.4, 0.5) is 5.69 Å². The van der Waals surface area contributed by atoms with Gasteiger partial charge in [0.05, 0.1) is 5.69 Å². The number of hydrogen-bond donors (Lipinski definition) is 4. The van der Waals surface area contributed by atoms with E-state index in [9.17, 15) is 0 Å². The summed E-state index contributed by atoms with van der Waals surface area (Å²) < 4.78 is 0. The predicted molar refractivity (Wildman–Crippen MR) is 150 cm³/mol. The quantitative estimate of drug-likeness (QED) is 0.224. The Hall–Kier alpha value is -2.61. The molecule has 34 heavy (non-hydrogen) atoms. The number of aliphatic imine (C=N–C) groups is 4. The molecule has 0 saturated heterocycles. The Bertz CT molecular complexity index is 785. The molecule has 8 nitrogen and oxygen atoms in total. The number of rotatable bonds is 12. The Morgan fingerprint density at radius 3 is 1.94 bits per heavy atom. The number of unbranched alkanes of at least 4 members (excludes halogenated alkanes) is 2. The predicted octanol–water partition coefficient (Wildman–Crippen LogP) is 5.51. The van der Waals surface area contributed by atoms with Gasteiger partial charge in [-0.15, -0.1) is 0 Å². The fraction of sp³-hybridized carbons (Fsp3) is 0.600. The van der Waals surface area contributed by atoms with Gasteiger partial charge in [0, 0.05) is 24.4 Å². The van der Waals surface area contributed by atoms with Crippen LogP contribution in [0.25, 0.3) is 0 Å². The molecular formula is C25H45ClN8. The lowest BCUT2D eigenvalue weighted by Gasteiger charge is -2.11. The molecule has 192 valence electrons. The molecule has 1 unspecified atom stereocenters. The van der Waals surface area contributed by atoms with Gasteiger partial charge in [-0.05, 0) is 49.4 Å². The maximum atomic E-state index is 5.77. The zero-order valence-corrected chi connectivity index (χ0v) is 22.2. The molecule has 9 heteroatoms. The fourth-order valence-electron chi connectivity index (χ4n) is 2.87. The molecule has 0 aliphatic rings. The average molecular weight is 493 g/mol. The van der Waals surface area contributed by atoms with E-state index < -0.39 is 0 Å². The number of guanidine groups is 2. The Labute approximate surface area is 211 Å². The number of amidine groups is 2. The van der Waals surface area contributed by atoms with Crippen molar-refractivity contribution in [2.45, 2.75) is 85.5 Å². The van der Waals surface area contributed by atoms with Gasteiger partial charge >= 0.3 is 0 Å². The van der Waals surface area contributed by atoms with E-state index in [1.54, 1.807) is 24.3 Å². The fourth-order valence-corrected chi connectivity index (χ4v) is 2.99. The third-order valence-electron chi connectivity index (χ3n) is 4.93. The number of nitrogens with zero attached hydrogens (tertiary/aromatic N) is 4. The lowest BCUT2D eigenvalue weighted by atomic mass is 10.00. The van der Waals surface area contributed by atoms with Crippen molar-refractivity contribution in [2.24, 2.45) is 48.8 Å². The van der Waals surface area contributed by atoms with Crippen molar-refractivity contribution in [3.05, 3.63) is 29.3 Å². The smallest absolute Gasteiger partial charge is 0.222 e. The maximum Gasteiger partial charge on any atom is 0.222 e. The second kappa shape index (κ2) is 19.8. The van der Waals surface area contributed by atoms with Gasteiger partial charge in [-0.1, -0.05) is 65.0 Å². The first-order chi connectivity index (χ1) is 16.2. The zero-order valence-electron chi connectivity index (χ0n) is 21.4. The highest BCUT2D eigenvalue weighted by Crippen LogP contribution is 2.16. The van der Waals surface area contributed by atoms with E-state index >= 15 is 0 Å². The molecule has 0 amide bonds. The van der Waals surface area contributed by atoms with Gasteiger partial charge in [-0.2, -0.15) is 0 Å². The Kier molecular flexibility index (Phi) is 18.3. The van der Waals surface area contributed by atoms with E-state index in [0.717, 1.165) is 45.1 Å². The van der Waals surface area contributed by atoms with E-state index in [-0.39, 0.29) is 5.96 Å². The summed E-state index contributed by atoms with van der Waals surface area (Å²) in [6, 6.07) is 7.01. The first-order valence-corrected chi connectivity index (χ1v) is 12.7. The van der Waals surface area contributed by atoms with Crippen LogP contribution >= 0.6 is 11.6 Å². The second-order valence-electron chi connectivity index (χ2n) is 8.12. The number of nitrogens with two attached hydrogens (primary N) is 4. The topological polar surface area (TPSA) is 154 Å². The molecule has 1 atom stereocenters. The highest BCUT2D eigenvalue weighted by Gasteiger charge is 2.05. The van der Waals surface area contributed by atoms with Crippen LogP contribution in [0.5, 0.6) is 0 Å². The minimum atomic E-state index is 0.160. The van der Waals surface area contributed by atoms with Crippen LogP contribution in [0.1, 0.15) is 85.5 Å². The van der Waals surface area contributed by atoms with Gasteiger partial charge in [0.25, 0.3) is 0 Å². The summed E-state index contributed by atoms with van der Waals surface area (Å²) in [6.45, 7) is 9.33. The first kappa shape index (κ1) is 31.4. The first-order valence-electron chi connectivity index (χ1n) is 12.3. The van der Waals surface area contributed by atoms with Gasteiger partial charge in [0.15, 0.2) is 0 Å². The third-order valence-corrected chi connectivity index (χ3v) is 5.19. The summed E-state index contributed by atoms with van der Waals surface area (Å²) in [7, 11) is 0. The monoisotopic (exact) mass is 492 g/mol. The summed E-state index contributed by atoms with van der Waals surface area (Å²) in [5, 5.41) is 0.659. The van der Waals surface area contributed by atoms with Crippen LogP contribution in [0, 0.1) is 5.92 Å². The largest absolute Gasteiger partial charge is 0.387 e. The summed E-state index contributed by atoms with van der Waals surface area (Å²) in [5.74, 6) is 2.21. The SMILES string of the molecule is CCCC(N)=NC(N)=Nc1ccc(Cl)cc1.CCCCC(N)=NC(N)=NCC(CC)CCCC. The van der Waals surface area contributed by atoms with E-state index in [0.29, 0.717) is 34.3 Å². The minimum Gasteiger partial charge on any atom is -0.387 e. The summed E-state index contributed by atoms with van der Waals surface area (Å²) in [4.78, 5) is 16.5. The molecule has 0 radical (unpaired) electrons. The maximum absolute atomic E-state index is 5.77. The lowest BCUT2D eigenvalue weighted by molar-refractivity contribution is 0.462. The molecule has 0 heterocycles. The minimum absolute atomic E-state index is 0.160. The van der Waals surface area contributed by atoms with E-state index in [1.165, 1.54) is 19.3 Å². The second-order valence-corrected chi connectivity index (χ2v) is 8.56. The van der Waals surface area contributed by atoms with Crippen molar-refractivity contribution in [3.8, 4) is 0 Å². The van der Waals surface area contributed by atoms with E-state index in [1.807, 2.05) is 6.92 Å². The van der Waals surface area contributed by atoms with Crippen LogP contribution in [-0.4, -0.2) is 30.1 Å². The van der Waals surface area contributed by atoms with Crippen LogP contribution in [0.2, 0.25) is 5.02 Å². The van der Waals surface area contributed by atoms with E-state index in [2.05, 4.69) is 40.7 Å². The van der Waals surface area contributed by atoms with Gasteiger partial charge in [-0.25, -0.2) is 15.0 Å². The van der Waals surface area contributed by atoms with Gasteiger partial charge in [-0.3, -0.25) is 4.99 Å². The molecular weight excluding hydrogens is 448 g/mol. The molecule has 8 N–H and O–H groups in total. The van der Waals surface area contributed by atoms with Gasteiger partial charge in [0.2, 0.25) is 11.9 Å². The van der Waals surface area contributed by atoms with Gasteiger partial charge < -0.3 is 22.9 Å². The Balaban J connectivity index is 0.000000644. The molecule has 1 rings (SSSR count). The van der Waals surface area contributed by atoms with Crippen molar-refractivity contribution in [1.29, 1.82) is 0 Å². The van der Waals surface area contributed by atoms with Crippen LogP contribution in [0.3, 0.4) is 0 Å². The highest BCUT2D eigenvalue weighted by atomic mass is 35.5. The van der Waals surface area contributed by atoms with Crippen molar-refractivity contribution in [3.63, 3.8) is 0 Å². The standard InChI is InChI=1S/C14H30N4.C11H15ClN4/c1-4-7-9-12(6-3)11-17-14(16)18-13(15)10-8-5-2;1-2-3-10(13)16-11(14)15-9-6-4-8(12)5-7-9/h12H,4-11H2,1-3H3,(H4,15,16,17,18);4-7H,2-3H2,1H3,(H4,13,14,15,16). The van der Waals surface area contributed by atoms with Gasteiger partial charge in [0.1, 0.15) is 11.7 Å². The van der Waals surface area contributed by atoms with Crippen LogP contribution in [0.15, 0.2) is 44.2 Å². The molecule has 1 aromatic carbocycles. The Morgan fingerprint density at radius 1 is 0.794 bits per heavy atom. The van der Waals surface area contributed by atoms with Crippen molar-refractivity contribution in [2.75, 3.05) is 6.54 Å². The number of benzene rings is 1. The normalized spacial score (nSPS) is 13.9. The van der Waals surface area contributed by atoms with Crippen LogP contribution < -0.4 is 22.9 Å². The molecule has 0 aromatic heterocycles. The molecule has 0 saturated carbocycles. The Morgan fingerprint density at radius 2 is 1.38 bits per heavy atom. The zero-order chi connectivity index (χ0) is 25.8. The number of hydrogen-bond acceptors (Lipinski definition) is 2. The van der Waals surface area contributed by atoms with Crippen molar-refractivity contribution >= 4 is 40.9 Å². The molecule has 0 aliphatic heterocycles. The molecule has 0 aliphatic carbocycles. The summed E-state index contributed by atoms with van der Waals surface area (Å²) >= 11 is 5.75. The molecule has 0 fully saturated rings. The third kappa shape index (κ3) is 16.9. The molecule has 0 spiro atoms. The molecule has 0 bridgehead atoms. The van der Waals surface area contributed by atoms with E-state index in [4.69, 9.17) is 34.5 Å². The molecule has 1 aromatic rings. The highest BCUT2D eigenvalue weighted by molar-refractivity contribution is 6.30.